The molecular formula is C8H6S6. The summed E-state index contributed by atoms with van der Waals surface area (Å²) in [6.07, 6.45) is 0. The van der Waals surface area contributed by atoms with Crippen molar-refractivity contribution in [3.05, 3.63) is 29.1 Å². The summed E-state index contributed by atoms with van der Waals surface area (Å²) in [6.45, 7) is 0. The Bertz CT molecular complexity index is 323. The summed E-state index contributed by atoms with van der Waals surface area (Å²) in [5.74, 6) is 2.41. The van der Waals surface area contributed by atoms with Crippen LogP contribution in [-0.4, -0.2) is 11.5 Å². The Kier molecular flexibility index (Phi) is 3.49. The first-order valence-electron chi connectivity index (χ1n) is 3.98. The van der Waals surface area contributed by atoms with Crippen molar-refractivity contribution >= 4 is 68.6 Å². The van der Waals surface area contributed by atoms with Crippen molar-refractivity contribution < 1.29 is 0 Å². The highest BCUT2D eigenvalue weighted by atomic mass is 33.1. The highest BCUT2D eigenvalue weighted by Crippen LogP contribution is 2.59. The molecule has 0 unspecified atom stereocenters. The van der Waals surface area contributed by atoms with Crippen molar-refractivity contribution in [2.75, 3.05) is 11.5 Å². The average Bonchev–Trinajstić information content (AvgIpc) is 2.86. The summed E-state index contributed by atoms with van der Waals surface area (Å²) in [4.78, 5) is 3.21. The maximum atomic E-state index is 2.18. The zero-order valence-corrected chi connectivity index (χ0v) is 11.9. The quantitative estimate of drug-likeness (QED) is 0.562. The Morgan fingerprint density at radius 2 is 1.36 bits per heavy atom. The Morgan fingerprint density at radius 1 is 0.786 bits per heavy atom. The van der Waals surface area contributed by atoms with Gasteiger partial charge in [0, 0.05) is 21.3 Å². The highest BCUT2D eigenvalue weighted by Gasteiger charge is 2.27. The fourth-order valence-electron chi connectivity index (χ4n) is 1.16. The zero-order valence-electron chi connectivity index (χ0n) is 7.02. The fraction of sp³-hybridized carbons (Fsp3) is 0.250. The summed E-state index contributed by atoms with van der Waals surface area (Å²) >= 11 is 7.73. The van der Waals surface area contributed by atoms with Gasteiger partial charge in [0.25, 0.3) is 0 Å². The second-order valence-corrected chi connectivity index (χ2v) is 9.68. The van der Waals surface area contributed by atoms with Crippen LogP contribution in [0.5, 0.6) is 0 Å². The third-order valence-corrected chi connectivity index (χ3v) is 9.66. The average molecular weight is 295 g/mol. The van der Waals surface area contributed by atoms with Gasteiger partial charge in [-0.15, -0.1) is 0 Å². The molecule has 3 aliphatic rings. The van der Waals surface area contributed by atoms with E-state index >= 15 is 0 Å². The van der Waals surface area contributed by atoms with Crippen LogP contribution in [0.4, 0.5) is 0 Å². The van der Waals surface area contributed by atoms with E-state index in [0.717, 1.165) is 0 Å². The number of hydrogen-bond acceptors (Lipinski definition) is 6. The lowest BCUT2D eigenvalue weighted by atomic mass is 10.6. The predicted octanol–water partition coefficient (Wildman–Crippen LogP) is 5.15. The van der Waals surface area contributed by atoms with Crippen molar-refractivity contribution in [2.24, 2.45) is 0 Å². The van der Waals surface area contributed by atoms with E-state index in [4.69, 9.17) is 0 Å². The van der Waals surface area contributed by atoms with Crippen LogP contribution in [-0.2, 0) is 0 Å². The summed E-state index contributed by atoms with van der Waals surface area (Å²) in [7, 11) is 3.98. The number of thioether (sulfide) groups is 4. The van der Waals surface area contributed by atoms with Gasteiger partial charge in [0.15, 0.2) is 0 Å². The summed E-state index contributed by atoms with van der Waals surface area (Å²) in [5.41, 5.74) is 0. The molecule has 0 spiro atoms. The Morgan fingerprint density at radius 3 is 1.93 bits per heavy atom. The van der Waals surface area contributed by atoms with E-state index < -0.39 is 0 Å². The normalized spacial score (nSPS) is 26.3. The van der Waals surface area contributed by atoms with Gasteiger partial charge in [-0.25, -0.2) is 0 Å². The first-order valence-corrected chi connectivity index (χ1v) is 9.86. The third-order valence-electron chi connectivity index (χ3n) is 1.78. The molecule has 6 heteroatoms. The van der Waals surface area contributed by atoms with Gasteiger partial charge in [-0.1, -0.05) is 68.6 Å². The van der Waals surface area contributed by atoms with Crippen LogP contribution >= 0.6 is 68.6 Å². The third kappa shape index (κ3) is 2.06. The fourth-order valence-corrected chi connectivity index (χ4v) is 9.07. The molecule has 0 fully saturated rings. The van der Waals surface area contributed by atoms with Gasteiger partial charge < -0.3 is 0 Å². The van der Waals surface area contributed by atoms with Gasteiger partial charge in [-0.05, 0) is 10.8 Å². The van der Waals surface area contributed by atoms with Crippen LogP contribution in [0.1, 0.15) is 0 Å². The van der Waals surface area contributed by atoms with Crippen LogP contribution in [0, 0.1) is 0 Å². The van der Waals surface area contributed by atoms with Crippen molar-refractivity contribution in [2.45, 2.75) is 0 Å². The predicted molar refractivity (Wildman–Crippen MR) is 78.5 cm³/mol. The molecule has 3 aliphatic heterocycles. The van der Waals surface area contributed by atoms with E-state index in [1.165, 1.54) is 20.0 Å². The minimum Gasteiger partial charge on any atom is -0.0884 e. The van der Waals surface area contributed by atoms with Crippen molar-refractivity contribution in [3.8, 4) is 0 Å². The molecule has 0 aromatic carbocycles. The van der Waals surface area contributed by atoms with E-state index in [9.17, 15) is 0 Å². The van der Waals surface area contributed by atoms with Gasteiger partial charge in [0.2, 0.25) is 0 Å². The second kappa shape index (κ2) is 4.67. The van der Waals surface area contributed by atoms with E-state index in [-0.39, 0.29) is 0 Å². The lowest BCUT2D eigenvalue weighted by Gasteiger charge is -2.09. The molecule has 0 radical (unpaired) electrons. The molecule has 0 aliphatic carbocycles. The zero-order chi connectivity index (χ0) is 9.38. The maximum absolute atomic E-state index is 2.18. The van der Waals surface area contributed by atoms with Crippen LogP contribution in [0.3, 0.4) is 0 Å². The highest BCUT2D eigenvalue weighted by molar-refractivity contribution is 8.77. The van der Waals surface area contributed by atoms with Crippen molar-refractivity contribution in [1.82, 2.24) is 0 Å². The lowest BCUT2D eigenvalue weighted by molar-refractivity contribution is 1.60. The molecule has 3 rings (SSSR count). The molecular weight excluding hydrogens is 288 g/mol. The summed E-state index contributed by atoms with van der Waals surface area (Å²) in [6, 6.07) is 0. The van der Waals surface area contributed by atoms with E-state index in [1.807, 2.05) is 68.6 Å². The van der Waals surface area contributed by atoms with E-state index in [2.05, 4.69) is 10.8 Å². The topological polar surface area (TPSA) is 0 Å². The Hall–Kier alpha value is 1.32. The SMILES string of the molecule is C1=CSC(=C2SC3=C(CSSC3)S2)S1. The van der Waals surface area contributed by atoms with Crippen LogP contribution < -0.4 is 0 Å². The molecule has 0 atom stereocenters. The molecule has 3 heterocycles. The second-order valence-electron chi connectivity index (χ2n) is 2.66. The van der Waals surface area contributed by atoms with Gasteiger partial charge in [0.05, 0.1) is 8.47 Å². The van der Waals surface area contributed by atoms with Crippen LogP contribution in [0.25, 0.3) is 0 Å². The summed E-state index contributed by atoms with van der Waals surface area (Å²) < 4.78 is 2.99. The lowest BCUT2D eigenvalue weighted by Crippen LogP contribution is -1.90. The Labute approximate surface area is 108 Å². The molecule has 0 bridgehead atoms. The first-order chi connectivity index (χ1) is 6.93. The molecule has 0 N–H and O–H groups in total. The van der Waals surface area contributed by atoms with Gasteiger partial charge in [-0.3, -0.25) is 0 Å². The molecule has 74 valence electrons. The van der Waals surface area contributed by atoms with Gasteiger partial charge in [-0.2, -0.15) is 0 Å². The number of rotatable bonds is 0. The van der Waals surface area contributed by atoms with Gasteiger partial charge >= 0.3 is 0 Å². The standard InChI is InChI=1S/C8H6S6/c1-2-10-7(9-1)8-13-5-3-11-12-4-6(5)14-8/h1-2H,3-4H2. The largest absolute Gasteiger partial charge is 0.0884 e. The van der Waals surface area contributed by atoms with Crippen molar-refractivity contribution in [1.29, 1.82) is 0 Å². The maximum Gasteiger partial charge on any atom is 0.0700 e. The van der Waals surface area contributed by atoms with Crippen LogP contribution in [0.2, 0.25) is 0 Å². The minimum absolute atomic E-state index is 1.21. The molecule has 0 amide bonds. The smallest absolute Gasteiger partial charge is 0.0700 e. The first kappa shape index (κ1) is 10.5. The van der Waals surface area contributed by atoms with Gasteiger partial charge in [0.1, 0.15) is 0 Å². The summed E-state index contributed by atoms with van der Waals surface area (Å²) in [5, 5.41) is 4.35. The van der Waals surface area contributed by atoms with Crippen molar-refractivity contribution in [3.63, 3.8) is 0 Å². The molecule has 0 saturated heterocycles. The number of hydrogen-bond donors (Lipinski definition) is 0. The molecule has 0 saturated carbocycles. The Balaban J connectivity index is 1.81. The molecule has 0 nitrogen and oxygen atoms in total. The van der Waals surface area contributed by atoms with E-state index in [1.54, 1.807) is 9.81 Å². The molecule has 0 aromatic rings. The minimum atomic E-state index is 1.21. The molecule has 0 aromatic heterocycles. The van der Waals surface area contributed by atoms with E-state index in [0.29, 0.717) is 0 Å². The van der Waals surface area contributed by atoms with Crippen LogP contribution in [0.15, 0.2) is 29.1 Å². The molecule has 14 heavy (non-hydrogen) atoms. The monoisotopic (exact) mass is 294 g/mol.